The number of ether oxygens (including phenoxy) is 1. The number of nitrogens with zero attached hydrogens (tertiary/aromatic N) is 3. The average molecular weight is 462 g/mol. The number of alkyl halides is 1. The number of methoxy groups -OCH3 is 1. The second-order valence-corrected chi connectivity index (χ2v) is 8.88. The summed E-state index contributed by atoms with van der Waals surface area (Å²) in [5, 5.41) is 2.05. The van der Waals surface area contributed by atoms with Gasteiger partial charge in [0.05, 0.1) is 18.3 Å². The van der Waals surface area contributed by atoms with Crippen molar-refractivity contribution in [2.24, 2.45) is 14.1 Å². The van der Waals surface area contributed by atoms with Gasteiger partial charge in [-0.05, 0) is 42.8 Å². The SMILES string of the molecule is COC[C@H](C)N(C(=O)CCl)c1c(C)csc1C.C[n+]1ccc(-c2cc[n+](C)cc2)cc1. The van der Waals surface area contributed by atoms with Crippen molar-refractivity contribution in [3.05, 3.63) is 64.9 Å². The van der Waals surface area contributed by atoms with Crippen LogP contribution in [0.1, 0.15) is 17.4 Å². The van der Waals surface area contributed by atoms with Gasteiger partial charge in [-0.3, -0.25) is 4.79 Å². The fourth-order valence-corrected chi connectivity index (χ4v) is 4.25. The number of rotatable bonds is 6. The Labute approximate surface area is 194 Å². The molecule has 1 atom stereocenters. The van der Waals surface area contributed by atoms with Gasteiger partial charge in [-0.1, -0.05) is 0 Å². The number of aryl methyl sites for hydroxylation is 4. The van der Waals surface area contributed by atoms with Crippen LogP contribution in [0.3, 0.4) is 0 Å². The Bertz CT molecular complexity index is 908. The number of aromatic nitrogens is 2. The zero-order valence-corrected chi connectivity index (χ0v) is 20.7. The molecule has 3 aromatic heterocycles. The summed E-state index contributed by atoms with van der Waals surface area (Å²) in [6.07, 6.45) is 8.23. The summed E-state index contributed by atoms with van der Waals surface area (Å²) < 4.78 is 9.19. The number of anilines is 1. The van der Waals surface area contributed by atoms with Crippen molar-refractivity contribution in [3.8, 4) is 11.1 Å². The predicted octanol–water partition coefficient (Wildman–Crippen LogP) is 3.97. The molecule has 3 aromatic rings. The minimum atomic E-state index is -0.0826. The van der Waals surface area contributed by atoms with Crippen LogP contribution in [0.5, 0.6) is 0 Å². The molecule has 1 amide bonds. The molecule has 0 bridgehead atoms. The second kappa shape index (κ2) is 11.9. The summed E-state index contributed by atoms with van der Waals surface area (Å²) in [5.74, 6) is -0.0937. The second-order valence-electron chi connectivity index (χ2n) is 7.53. The van der Waals surface area contributed by atoms with Crippen molar-refractivity contribution in [3.63, 3.8) is 0 Å². The maximum atomic E-state index is 12.0. The van der Waals surface area contributed by atoms with Crippen molar-refractivity contribution < 1.29 is 18.7 Å². The van der Waals surface area contributed by atoms with E-state index in [2.05, 4.69) is 54.4 Å². The largest absolute Gasteiger partial charge is 0.383 e. The van der Waals surface area contributed by atoms with E-state index >= 15 is 0 Å². The summed E-state index contributed by atoms with van der Waals surface area (Å²) in [4.78, 5) is 14.9. The predicted molar refractivity (Wildman–Crippen MR) is 128 cm³/mol. The zero-order valence-electron chi connectivity index (χ0n) is 19.1. The summed E-state index contributed by atoms with van der Waals surface area (Å²) in [5.41, 5.74) is 4.59. The van der Waals surface area contributed by atoms with Gasteiger partial charge in [-0.15, -0.1) is 22.9 Å². The molecule has 0 aliphatic heterocycles. The third-order valence-electron chi connectivity index (χ3n) is 4.88. The summed E-state index contributed by atoms with van der Waals surface area (Å²) in [6, 6.07) is 8.47. The van der Waals surface area contributed by atoms with Gasteiger partial charge in [0, 0.05) is 36.3 Å². The topological polar surface area (TPSA) is 37.3 Å². The van der Waals surface area contributed by atoms with E-state index in [0.29, 0.717) is 6.61 Å². The highest BCUT2D eigenvalue weighted by atomic mass is 35.5. The number of hydrogen-bond acceptors (Lipinski definition) is 3. The Morgan fingerprint density at radius 2 is 1.55 bits per heavy atom. The Hall–Kier alpha value is -2.28. The first kappa shape index (κ1) is 25.0. The number of amides is 1. The number of carbonyl (C=O) groups is 1. The number of hydrogen-bond donors (Lipinski definition) is 0. The van der Waals surface area contributed by atoms with Gasteiger partial charge in [-0.2, -0.15) is 0 Å². The van der Waals surface area contributed by atoms with E-state index in [0.717, 1.165) is 16.1 Å². The van der Waals surface area contributed by atoms with Crippen LogP contribution in [0, 0.1) is 13.8 Å². The highest BCUT2D eigenvalue weighted by Gasteiger charge is 2.25. The first-order valence-corrected chi connectivity index (χ1v) is 11.5. The average Bonchev–Trinajstić information content (AvgIpc) is 3.08. The van der Waals surface area contributed by atoms with Crippen molar-refractivity contribution in [2.45, 2.75) is 26.8 Å². The van der Waals surface area contributed by atoms with Crippen LogP contribution in [0.25, 0.3) is 11.1 Å². The van der Waals surface area contributed by atoms with Crippen LogP contribution >= 0.6 is 22.9 Å². The third-order valence-corrected chi connectivity index (χ3v) is 6.13. The molecule has 0 aromatic carbocycles. The standard InChI is InChI=1S/C12H18ClNO2S.C12H14N2/c1-8-7-17-10(3)12(8)14(11(15)5-13)9(2)6-16-4;1-13-7-3-11(4-8-13)12-5-9-14(2)10-6-12/h7,9H,5-6H2,1-4H3;3-10H,1-2H3/q;+2/t9-;/m0./s1. The molecule has 3 heterocycles. The Kier molecular flexibility index (Phi) is 9.62. The molecule has 0 fully saturated rings. The van der Waals surface area contributed by atoms with Gasteiger partial charge in [0.2, 0.25) is 5.91 Å². The zero-order chi connectivity index (χ0) is 23.0. The van der Waals surface area contributed by atoms with Crippen LogP contribution in [0.15, 0.2) is 54.4 Å². The molecular formula is C24H32ClN3O2S+2. The molecule has 5 nitrogen and oxygen atoms in total. The third kappa shape index (κ3) is 6.86. The van der Waals surface area contributed by atoms with Gasteiger partial charge in [0.1, 0.15) is 20.0 Å². The van der Waals surface area contributed by atoms with E-state index in [9.17, 15) is 4.79 Å². The van der Waals surface area contributed by atoms with Crippen molar-refractivity contribution in [2.75, 3.05) is 24.5 Å². The minimum Gasteiger partial charge on any atom is -0.383 e. The fraction of sp³-hybridized carbons (Fsp3) is 0.375. The van der Waals surface area contributed by atoms with E-state index in [1.807, 2.05) is 44.0 Å². The van der Waals surface area contributed by atoms with E-state index in [4.69, 9.17) is 16.3 Å². The van der Waals surface area contributed by atoms with E-state index in [1.165, 1.54) is 11.1 Å². The van der Waals surface area contributed by atoms with Gasteiger partial charge in [0.15, 0.2) is 24.8 Å². The number of pyridine rings is 2. The highest BCUT2D eigenvalue weighted by molar-refractivity contribution is 7.10. The summed E-state index contributed by atoms with van der Waals surface area (Å²) in [7, 11) is 5.68. The summed E-state index contributed by atoms with van der Waals surface area (Å²) in [6.45, 7) is 6.48. The highest BCUT2D eigenvalue weighted by Crippen LogP contribution is 2.32. The molecule has 0 saturated heterocycles. The first-order valence-electron chi connectivity index (χ1n) is 10.1. The summed E-state index contributed by atoms with van der Waals surface area (Å²) >= 11 is 7.33. The van der Waals surface area contributed by atoms with Crippen LogP contribution < -0.4 is 14.0 Å². The van der Waals surface area contributed by atoms with Crippen LogP contribution in [0.4, 0.5) is 5.69 Å². The number of thiophene rings is 1. The lowest BCUT2D eigenvalue weighted by molar-refractivity contribution is -0.671. The Morgan fingerprint density at radius 1 is 1.06 bits per heavy atom. The van der Waals surface area contributed by atoms with Crippen LogP contribution in [-0.2, 0) is 23.6 Å². The number of carbonyl (C=O) groups excluding carboxylic acids is 1. The lowest BCUT2D eigenvalue weighted by atomic mass is 10.1. The van der Waals surface area contributed by atoms with Crippen LogP contribution in [0.2, 0.25) is 0 Å². The number of halogens is 1. The Morgan fingerprint density at radius 3 is 1.90 bits per heavy atom. The lowest BCUT2D eigenvalue weighted by Crippen LogP contribution is -2.42. The molecule has 0 spiro atoms. The van der Waals surface area contributed by atoms with E-state index in [-0.39, 0.29) is 17.8 Å². The molecule has 166 valence electrons. The smallest absolute Gasteiger partial charge is 0.242 e. The Balaban J connectivity index is 0.000000224. The van der Waals surface area contributed by atoms with Gasteiger partial charge in [0.25, 0.3) is 0 Å². The van der Waals surface area contributed by atoms with Gasteiger partial charge in [-0.25, -0.2) is 9.13 Å². The van der Waals surface area contributed by atoms with Crippen LogP contribution in [-0.4, -0.2) is 31.5 Å². The van der Waals surface area contributed by atoms with Crippen molar-refractivity contribution in [1.29, 1.82) is 0 Å². The maximum Gasteiger partial charge on any atom is 0.242 e. The minimum absolute atomic E-state index is 0.0111. The maximum absolute atomic E-state index is 12.0. The first-order chi connectivity index (χ1) is 14.8. The molecule has 0 aliphatic rings. The van der Waals surface area contributed by atoms with Crippen molar-refractivity contribution >= 4 is 34.5 Å². The molecule has 7 heteroatoms. The monoisotopic (exact) mass is 461 g/mol. The fourth-order valence-electron chi connectivity index (χ4n) is 3.28. The molecule has 31 heavy (non-hydrogen) atoms. The molecule has 0 radical (unpaired) electrons. The molecule has 0 saturated carbocycles. The van der Waals surface area contributed by atoms with Gasteiger partial charge < -0.3 is 9.64 Å². The normalized spacial score (nSPS) is 11.5. The van der Waals surface area contributed by atoms with Gasteiger partial charge >= 0.3 is 0 Å². The molecule has 0 aliphatic carbocycles. The lowest BCUT2D eigenvalue weighted by Gasteiger charge is -2.29. The molecule has 3 rings (SSSR count). The van der Waals surface area contributed by atoms with E-state index in [1.54, 1.807) is 23.3 Å². The van der Waals surface area contributed by atoms with Crippen molar-refractivity contribution in [1.82, 2.24) is 0 Å². The molecular weight excluding hydrogens is 430 g/mol. The quantitative estimate of drug-likeness (QED) is 0.411. The molecule has 0 N–H and O–H groups in total. The van der Waals surface area contributed by atoms with E-state index < -0.39 is 0 Å². The molecule has 0 unspecified atom stereocenters.